The van der Waals surface area contributed by atoms with Gasteiger partial charge in [-0.05, 0) is 33.4 Å². The molecule has 0 saturated carbocycles. The largest absolute Gasteiger partial charge is 0.396 e. The van der Waals surface area contributed by atoms with Gasteiger partial charge in [-0.2, -0.15) is 0 Å². The van der Waals surface area contributed by atoms with Crippen LogP contribution < -0.4 is 0 Å². The standard InChI is InChI=1S/C11H24N2O/c1-4-6-13-9-11(5-7-14)12(3)8-10(13)2/h10-11,14H,4-9H2,1-3H3. The average Bonchev–Trinajstić information content (AvgIpc) is 2.14. The van der Waals surface area contributed by atoms with E-state index < -0.39 is 0 Å². The van der Waals surface area contributed by atoms with E-state index in [1.54, 1.807) is 0 Å². The molecule has 0 spiro atoms. The number of piperazine rings is 1. The molecule has 1 N–H and O–H groups in total. The van der Waals surface area contributed by atoms with Gasteiger partial charge < -0.3 is 10.0 Å². The molecule has 2 unspecified atom stereocenters. The van der Waals surface area contributed by atoms with E-state index in [-0.39, 0.29) is 0 Å². The lowest BCUT2D eigenvalue weighted by Crippen LogP contribution is -2.56. The molecule has 1 aliphatic rings. The molecule has 14 heavy (non-hydrogen) atoms. The van der Waals surface area contributed by atoms with Gasteiger partial charge in [0.2, 0.25) is 0 Å². The SMILES string of the molecule is CCCN1CC(CCO)N(C)CC1C. The van der Waals surface area contributed by atoms with E-state index in [9.17, 15) is 0 Å². The summed E-state index contributed by atoms with van der Waals surface area (Å²) in [6.07, 6.45) is 2.13. The van der Waals surface area contributed by atoms with E-state index in [2.05, 4.69) is 30.7 Å². The summed E-state index contributed by atoms with van der Waals surface area (Å²) < 4.78 is 0. The lowest BCUT2D eigenvalue weighted by atomic mass is 10.1. The second-order valence-corrected chi connectivity index (χ2v) is 4.45. The fraction of sp³-hybridized carbons (Fsp3) is 1.00. The Morgan fingerprint density at radius 1 is 1.36 bits per heavy atom. The summed E-state index contributed by atoms with van der Waals surface area (Å²) in [5.41, 5.74) is 0. The van der Waals surface area contributed by atoms with E-state index in [1.807, 2.05) is 0 Å². The molecule has 3 heteroatoms. The Balaban J connectivity index is 2.47. The van der Waals surface area contributed by atoms with Gasteiger partial charge in [0.15, 0.2) is 0 Å². The van der Waals surface area contributed by atoms with E-state index in [0.717, 1.165) is 19.5 Å². The van der Waals surface area contributed by atoms with Gasteiger partial charge in [-0.3, -0.25) is 4.90 Å². The monoisotopic (exact) mass is 200 g/mol. The molecular formula is C11H24N2O. The molecule has 1 fully saturated rings. The van der Waals surface area contributed by atoms with Crippen molar-refractivity contribution in [2.45, 2.75) is 38.8 Å². The molecular weight excluding hydrogens is 176 g/mol. The smallest absolute Gasteiger partial charge is 0.0446 e. The van der Waals surface area contributed by atoms with Crippen molar-refractivity contribution in [1.29, 1.82) is 0 Å². The lowest BCUT2D eigenvalue weighted by Gasteiger charge is -2.43. The number of hydrogen-bond acceptors (Lipinski definition) is 3. The average molecular weight is 200 g/mol. The van der Waals surface area contributed by atoms with Crippen LogP contribution in [0.3, 0.4) is 0 Å². The number of nitrogens with zero attached hydrogens (tertiary/aromatic N) is 2. The third kappa shape index (κ3) is 2.94. The van der Waals surface area contributed by atoms with Crippen molar-refractivity contribution in [3.8, 4) is 0 Å². The summed E-state index contributed by atoms with van der Waals surface area (Å²) in [6, 6.07) is 1.21. The van der Waals surface area contributed by atoms with Crippen LogP contribution in [0.4, 0.5) is 0 Å². The van der Waals surface area contributed by atoms with Crippen LogP contribution in [-0.4, -0.2) is 60.3 Å². The predicted molar refractivity (Wildman–Crippen MR) is 59.4 cm³/mol. The van der Waals surface area contributed by atoms with Crippen molar-refractivity contribution in [2.75, 3.05) is 33.3 Å². The van der Waals surface area contributed by atoms with Crippen LogP contribution in [-0.2, 0) is 0 Å². The minimum atomic E-state index is 0.309. The van der Waals surface area contributed by atoms with Crippen LogP contribution in [0.5, 0.6) is 0 Å². The van der Waals surface area contributed by atoms with Crippen molar-refractivity contribution >= 4 is 0 Å². The lowest BCUT2D eigenvalue weighted by molar-refractivity contribution is 0.0409. The maximum atomic E-state index is 8.97. The van der Waals surface area contributed by atoms with E-state index in [0.29, 0.717) is 18.7 Å². The van der Waals surface area contributed by atoms with Crippen LogP contribution in [0.2, 0.25) is 0 Å². The maximum absolute atomic E-state index is 8.97. The van der Waals surface area contributed by atoms with Crippen molar-refractivity contribution in [2.24, 2.45) is 0 Å². The molecule has 0 aromatic carbocycles. The molecule has 0 amide bonds. The first-order chi connectivity index (χ1) is 6.69. The molecule has 84 valence electrons. The van der Waals surface area contributed by atoms with Crippen molar-refractivity contribution in [3.05, 3.63) is 0 Å². The zero-order valence-electron chi connectivity index (χ0n) is 9.74. The first-order valence-corrected chi connectivity index (χ1v) is 5.74. The van der Waals surface area contributed by atoms with E-state index >= 15 is 0 Å². The predicted octanol–water partition coefficient (Wildman–Crippen LogP) is 0.783. The van der Waals surface area contributed by atoms with Gasteiger partial charge in [-0.1, -0.05) is 6.92 Å². The first kappa shape index (κ1) is 12.0. The molecule has 0 aromatic heterocycles. The molecule has 0 bridgehead atoms. The Morgan fingerprint density at radius 2 is 2.07 bits per heavy atom. The number of likely N-dealkylation sites (N-methyl/N-ethyl adjacent to an activating group) is 1. The van der Waals surface area contributed by atoms with Crippen LogP contribution in [0.25, 0.3) is 0 Å². The molecule has 1 heterocycles. The highest BCUT2D eigenvalue weighted by atomic mass is 16.3. The van der Waals surface area contributed by atoms with Gasteiger partial charge in [0.1, 0.15) is 0 Å². The zero-order chi connectivity index (χ0) is 10.6. The third-order valence-electron chi connectivity index (χ3n) is 3.22. The Bertz CT molecular complexity index is 147. The first-order valence-electron chi connectivity index (χ1n) is 5.74. The summed E-state index contributed by atoms with van der Waals surface area (Å²) in [5, 5.41) is 8.97. The minimum absolute atomic E-state index is 0.309. The summed E-state index contributed by atoms with van der Waals surface area (Å²) in [4.78, 5) is 4.92. The summed E-state index contributed by atoms with van der Waals surface area (Å²) in [7, 11) is 2.17. The molecule has 1 aliphatic heterocycles. The van der Waals surface area contributed by atoms with Crippen LogP contribution in [0, 0.1) is 0 Å². The highest BCUT2D eigenvalue weighted by Gasteiger charge is 2.27. The molecule has 1 saturated heterocycles. The third-order valence-corrected chi connectivity index (χ3v) is 3.22. The molecule has 0 aliphatic carbocycles. The number of rotatable bonds is 4. The van der Waals surface area contributed by atoms with Gasteiger partial charge in [-0.25, -0.2) is 0 Å². The van der Waals surface area contributed by atoms with Crippen molar-refractivity contribution < 1.29 is 5.11 Å². The van der Waals surface area contributed by atoms with Crippen molar-refractivity contribution in [3.63, 3.8) is 0 Å². The maximum Gasteiger partial charge on any atom is 0.0446 e. The Hall–Kier alpha value is -0.120. The van der Waals surface area contributed by atoms with Crippen LogP contribution in [0.1, 0.15) is 26.7 Å². The topological polar surface area (TPSA) is 26.7 Å². The quantitative estimate of drug-likeness (QED) is 0.726. The van der Waals surface area contributed by atoms with Gasteiger partial charge >= 0.3 is 0 Å². The summed E-state index contributed by atoms with van der Waals surface area (Å²) >= 11 is 0. The highest BCUT2D eigenvalue weighted by molar-refractivity contribution is 4.84. The minimum Gasteiger partial charge on any atom is -0.396 e. The normalized spacial score (nSPS) is 30.9. The fourth-order valence-corrected chi connectivity index (χ4v) is 2.33. The van der Waals surface area contributed by atoms with Crippen molar-refractivity contribution in [1.82, 2.24) is 9.80 Å². The second-order valence-electron chi connectivity index (χ2n) is 4.45. The van der Waals surface area contributed by atoms with Crippen LogP contribution >= 0.6 is 0 Å². The van der Waals surface area contributed by atoms with E-state index in [1.165, 1.54) is 13.0 Å². The van der Waals surface area contributed by atoms with Gasteiger partial charge in [-0.15, -0.1) is 0 Å². The Morgan fingerprint density at radius 3 is 2.64 bits per heavy atom. The number of aliphatic hydroxyl groups is 1. The van der Waals surface area contributed by atoms with Gasteiger partial charge in [0.05, 0.1) is 0 Å². The molecule has 0 radical (unpaired) electrons. The van der Waals surface area contributed by atoms with Crippen LogP contribution in [0.15, 0.2) is 0 Å². The molecule has 0 aromatic rings. The molecule has 1 rings (SSSR count). The summed E-state index contributed by atoms with van der Waals surface area (Å²) in [5.74, 6) is 0. The zero-order valence-corrected chi connectivity index (χ0v) is 9.74. The summed E-state index contributed by atoms with van der Waals surface area (Å²) in [6.45, 7) is 8.27. The van der Waals surface area contributed by atoms with Gasteiger partial charge in [0.25, 0.3) is 0 Å². The highest BCUT2D eigenvalue weighted by Crippen LogP contribution is 2.15. The van der Waals surface area contributed by atoms with E-state index in [4.69, 9.17) is 5.11 Å². The molecule has 2 atom stereocenters. The number of hydrogen-bond donors (Lipinski definition) is 1. The second kappa shape index (κ2) is 5.69. The Kier molecular flexibility index (Phi) is 4.85. The Labute approximate surface area is 87.7 Å². The molecule has 3 nitrogen and oxygen atoms in total. The number of aliphatic hydroxyl groups excluding tert-OH is 1. The fourth-order valence-electron chi connectivity index (χ4n) is 2.33. The van der Waals surface area contributed by atoms with Gasteiger partial charge in [0, 0.05) is 31.8 Å².